The maximum atomic E-state index is 12.0. The number of amides is 1. The van der Waals surface area contributed by atoms with Gasteiger partial charge in [0.25, 0.3) is 5.56 Å². The molecule has 0 saturated carbocycles. The zero-order valence-electron chi connectivity index (χ0n) is 14.1. The van der Waals surface area contributed by atoms with E-state index in [9.17, 15) is 14.4 Å². The van der Waals surface area contributed by atoms with Crippen LogP contribution >= 0.6 is 0 Å². The van der Waals surface area contributed by atoms with Gasteiger partial charge in [0.15, 0.2) is 0 Å². The summed E-state index contributed by atoms with van der Waals surface area (Å²) in [5, 5.41) is 12.1. The average Bonchev–Trinajstić information content (AvgIpc) is 2.65. The number of aryl methyl sites for hydroxylation is 1. The summed E-state index contributed by atoms with van der Waals surface area (Å²) in [7, 11) is 0. The van der Waals surface area contributed by atoms with E-state index in [1.54, 1.807) is 0 Å². The van der Waals surface area contributed by atoms with Gasteiger partial charge in [-0.2, -0.15) is 10.2 Å². The van der Waals surface area contributed by atoms with Crippen LogP contribution in [0.25, 0.3) is 10.8 Å². The van der Waals surface area contributed by atoms with Crippen LogP contribution in [0, 0.1) is 0 Å². The van der Waals surface area contributed by atoms with Gasteiger partial charge in [0.05, 0.1) is 5.71 Å². The summed E-state index contributed by atoms with van der Waals surface area (Å²) in [6, 6.07) is 13.8. The standard InChI is InChI=1S/C18H17N5O3/c1-11(13-8-4-6-12-5-2-3-7-14(12)13)20-22-16(24)10-9-15-17(25)19-18(26)23-21-15/h2-8H,9-10H2,1H3,(H,22,24)(H2,19,23,25,26)/b20-11-. The summed E-state index contributed by atoms with van der Waals surface area (Å²) in [5.74, 6) is -0.350. The lowest BCUT2D eigenvalue weighted by molar-refractivity contribution is -0.121. The fourth-order valence-corrected chi connectivity index (χ4v) is 2.58. The molecule has 0 aliphatic heterocycles. The molecular formula is C18H17N5O3. The summed E-state index contributed by atoms with van der Waals surface area (Å²) in [4.78, 5) is 36.5. The van der Waals surface area contributed by atoms with Gasteiger partial charge in [0, 0.05) is 18.4 Å². The first-order valence-corrected chi connectivity index (χ1v) is 8.04. The Morgan fingerprint density at radius 3 is 2.73 bits per heavy atom. The third-order valence-corrected chi connectivity index (χ3v) is 3.90. The van der Waals surface area contributed by atoms with Crippen LogP contribution in [0.3, 0.4) is 0 Å². The van der Waals surface area contributed by atoms with Crippen molar-refractivity contribution in [2.24, 2.45) is 5.10 Å². The van der Waals surface area contributed by atoms with E-state index >= 15 is 0 Å². The number of rotatable bonds is 5. The molecule has 2 aromatic carbocycles. The molecule has 0 atom stereocenters. The van der Waals surface area contributed by atoms with Crippen molar-refractivity contribution in [2.75, 3.05) is 0 Å². The van der Waals surface area contributed by atoms with Gasteiger partial charge in [-0.15, -0.1) is 0 Å². The molecule has 0 radical (unpaired) electrons. The van der Waals surface area contributed by atoms with Gasteiger partial charge in [0.2, 0.25) is 5.91 Å². The molecule has 1 heterocycles. The van der Waals surface area contributed by atoms with Crippen molar-refractivity contribution in [2.45, 2.75) is 19.8 Å². The number of carbonyl (C=O) groups excluding carboxylic acids is 1. The molecule has 0 spiro atoms. The first-order valence-electron chi connectivity index (χ1n) is 8.04. The SMILES string of the molecule is C/C(=N/NC(=O)CCc1n[nH]c(=O)[nH]c1=O)c1cccc2ccccc12. The Balaban J connectivity index is 1.67. The Labute approximate surface area is 148 Å². The van der Waals surface area contributed by atoms with E-state index in [4.69, 9.17) is 0 Å². The number of hydrazone groups is 1. The van der Waals surface area contributed by atoms with Crippen molar-refractivity contribution in [3.63, 3.8) is 0 Å². The number of benzene rings is 2. The lowest BCUT2D eigenvalue weighted by Gasteiger charge is -2.06. The first kappa shape index (κ1) is 17.3. The first-order chi connectivity index (χ1) is 12.5. The van der Waals surface area contributed by atoms with Crippen LogP contribution in [0.15, 0.2) is 57.2 Å². The molecule has 0 aliphatic rings. The zero-order chi connectivity index (χ0) is 18.5. The predicted molar refractivity (Wildman–Crippen MR) is 98.1 cm³/mol. The number of nitrogens with one attached hydrogen (secondary N) is 3. The van der Waals surface area contributed by atoms with Crippen molar-refractivity contribution in [1.29, 1.82) is 0 Å². The molecule has 0 unspecified atom stereocenters. The predicted octanol–water partition coefficient (Wildman–Crippen LogP) is 1.08. The molecule has 132 valence electrons. The highest BCUT2D eigenvalue weighted by molar-refractivity contribution is 6.09. The van der Waals surface area contributed by atoms with E-state index in [2.05, 4.69) is 25.7 Å². The minimum atomic E-state index is -0.682. The summed E-state index contributed by atoms with van der Waals surface area (Å²) in [6.45, 7) is 1.82. The van der Waals surface area contributed by atoms with Crippen LogP contribution in [0.5, 0.6) is 0 Å². The second kappa shape index (κ2) is 7.56. The highest BCUT2D eigenvalue weighted by atomic mass is 16.2. The van der Waals surface area contributed by atoms with E-state index in [1.807, 2.05) is 49.4 Å². The molecule has 8 heteroatoms. The second-order valence-corrected chi connectivity index (χ2v) is 5.71. The molecule has 3 aromatic rings. The molecule has 1 aromatic heterocycles. The zero-order valence-corrected chi connectivity index (χ0v) is 14.1. The van der Waals surface area contributed by atoms with Gasteiger partial charge in [-0.3, -0.25) is 14.6 Å². The molecule has 8 nitrogen and oxygen atoms in total. The fraction of sp³-hybridized carbons (Fsp3) is 0.167. The highest BCUT2D eigenvalue weighted by Crippen LogP contribution is 2.18. The van der Waals surface area contributed by atoms with Gasteiger partial charge < -0.3 is 0 Å². The summed E-state index contributed by atoms with van der Waals surface area (Å²) in [6.07, 6.45) is 0.120. The number of aromatic amines is 2. The normalized spacial score (nSPS) is 11.5. The Kier molecular flexibility index (Phi) is 5.02. The number of fused-ring (bicyclic) bond motifs is 1. The number of hydrogen-bond acceptors (Lipinski definition) is 5. The van der Waals surface area contributed by atoms with E-state index in [1.165, 1.54) is 0 Å². The van der Waals surface area contributed by atoms with Gasteiger partial charge in [-0.05, 0) is 17.7 Å². The van der Waals surface area contributed by atoms with Crippen molar-refractivity contribution in [1.82, 2.24) is 20.6 Å². The third kappa shape index (κ3) is 3.92. The third-order valence-electron chi connectivity index (χ3n) is 3.90. The van der Waals surface area contributed by atoms with Crippen molar-refractivity contribution >= 4 is 22.4 Å². The Bertz CT molecular complexity index is 1090. The van der Waals surface area contributed by atoms with Gasteiger partial charge >= 0.3 is 5.69 Å². The monoisotopic (exact) mass is 351 g/mol. The van der Waals surface area contributed by atoms with Crippen molar-refractivity contribution in [3.8, 4) is 0 Å². The van der Waals surface area contributed by atoms with Gasteiger partial charge in [-0.25, -0.2) is 15.3 Å². The molecule has 0 aliphatic carbocycles. The summed E-state index contributed by atoms with van der Waals surface area (Å²) >= 11 is 0. The molecule has 26 heavy (non-hydrogen) atoms. The van der Waals surface area contributed by atoms with E-state index in [0.717, 1.165) is 16.3 Å². The molecule has 3 rings (SSSR count). The number of carbonyl (C=O) groups is 1. The molecule has 0 saturated heterocycles. The Hall–Kier alpha value is -3.55. The fourth-order valence-electron chi connectivity index (χ4n) is 2.58. The van der Waals surface area contributed by atoms with Crippen LogP contribution < -0.4 is 16.7 Å². The van der Waals surface area contributed by atoms with Gasteiger partial charge in [-0.1, -0.05) is 42.5 Å². The molecule has 3 N–H and O–H groups in total. The summed E-state index contributed by atoms with van der Waals surface area (Å²) < 4.78 is 0. The maximum absolute atomic E-state index is 12.0. The summed E-state index contributed by atoms with van der Waals surface area (Å²) in [5.41, 5.74) is 2.90. The molecule has 0 bridgehead atoms. The van der Waals surface area contributed by atoms with Crippen LogP contribution in [0.1, 0.15) is 24.6 Å². The van der Waals surface area contributed by atoms with Crippen molar-refractivity contribution in [3.05, 3.63) is 74.6 Å². The number of aromatic nitrogens is 3. The van der Waals surface area contributed by atoms with Crippen LogP contribution in [0.4, 0.5) is 0 Å². The topological polar surface area (TPSA) is 120 Å². The lowest BCUT2D eigenvalue weighted by Crippen LogP contribution is -2.28. The van der Waals surface area contributed by atoms with Crippen molar-refractivity contribution < 1.29 is 4.79 Å². The number of nitrogens with zero attached hydrogens (tertiary/aromatic N) is 2. The number of H-pyrrole nitrogens is 2. The number of hydrogen-bond donors (Lipinski definition) is 3. The molecular weight excluding hydrogens is 334 g/mol. The average molecular weight is 351 g/mol. The maximum Gasteiger partial charge on any atom is 0.342 e. The van der Waals surface area contributed by atoms with Crippen LogP contribution in [-0.2, 0) is 11.2 Å². The lowest BCUT2D eigenvalue weighted by atomic mass is 10.0. The van der Waals surface area contributed by atoms with E-state index in [-0.39, 0.29) is 24.4 Å². The Morgan fingerprint density at radius 1 is 1.15 bits per heavy atom. The van der Waals surface area contributed by atoms with Gasteiger partial charge in [0.1, 0.15) is 5.69 Å². The quantitative estimate of drug-likeness (QED) is 0.470. The Morgan fingerprint density at radius 2 is 1.92 bits per heavy atom. The molecule has 1 amide bonds. The van der Waals surface area contributed by atoms with Crippen LogP contribution in [-0.4, -0.2) is 26.8 Å². The highest BCUT2D eigenvalue weighted by Gasteiger charge is 2.08. The smallest absolute Gasteiger partial charge is 0.273 e. The van der Waals surface area contributed by atoms with E-state index < -0.39 is 11.2 Å². The largest absolute Gasteiger partial charge is 0.342 e. The van der Waals surface area contributed by atoms with Crippen LogP contribution in [0.2, 0.25) is 0 Å². The minimum Gasteiger partial charge on any atom is -0.273 e. The molecule has 0 fully saturated rings. The van der Waals surface area contributed by atoms with E-state index in [0.29, 0.717) is 5.71 Å². The second-order valence-electron chi connectivity index (χ2n) is 5.71. The minimum absolute atomic E-state index is 0.0223.